The Hall–Kier alpha value is -2.30. The molecular formula is C24H24Cl2F2N4OS2. The number of benzene rings is 3. The molecule has 5 nitrogen and oxygen atoms in total. The van der Waals surface area contributed by atoms with Gasteiger partial charge in [-0.15, -0.1) is 4.41 Å². The molecule has 0 radical (unpaired) electrons. The van der Waals surface area contributed by atoms with Crippen molar-refractivity contribution < 1.29 is 13.0 Å². The molecule has 0 saturated carbocycles. The number of halogens is 4. The minimum absolute atomic E-state index is 0. The van der Waals surface area contributed by atoms with Crippen LogP contribution in [0.15, 0.2) is 54.7 Å². The third-order valence-electron chi connectivity index (χ3n) is 4.49. The predicted octanol–water partition coefficient (Wildman–Crippen LogP) is 8.23. The first-order valence-electron chi connectivity index (χ1n) is 10.3. The maximum absolute atomic E-state index is 15.3. The maximum Gasteiger partial charge on any atom is 0.166 e. The van der Waals surface area contributed by atoms with E-state index in [9.17, 15) is 4.39 Å². The Labute approximate surface area is 224 Å². The van der Waals surface area contributed by atoms with Crippen molar-refractivity contribution in [3.05, 3.63) is 82.2 Å². The Balaban J connectivity index is 0.00000140. The van der Waals surface area contributed by atoms with E-state index in [4.69, 9.17) is 27.4 Å². The highest BCUT2D eigenvalue weighted by molar-refractivity contribution is 7.92. The molecule has 0 aliphatic rings. The summed E-state index contributed by atoms with van der Waals surface area (Å²) in [6, 6.07) is 12.3. The van der Waals surface area contributed by atoms with Gasteiger partial charge in [-0.25, -0.2) is 18.7 Å². The van der Waals surface area contributed by atoms with E-state index >= 15 is 4.39 Å². The van der Waals surface area contributed by atoms with Crippen molar-refractivity contribution in [3.8, 4) is 16.9 Å². The summed E-state index contributed by atoms with van der Waals surface area (Å²) in [4.78, 5) is 8.47. The molecule has 0 amide bonds. The van der Waals surface area contributed by atoms with Gasteiger partial charge in [0.1, 0.15) is 11.6 Å². The summed E-state index contributed by atoms with van der Waals surface area (Å²) in [6.07, 6.45) is 1.63. The molecule has 0 saturated heterocycles. The third kappa shape index (κ3) is 7.11. The van der Waals surface area contributed by atoms with Crippen molar-refractivity contribution in [2.75, 3.05) is 12.5 Å². The number of aryl methyl sites for hydroxylation is 1. The highest BCUT2D eigenvalue weighted by atomic mass is 35.5. The molecular weight excluding hydrogens is 533 g/mol. The smallest absolute Gasteiger partial charge is 0.166 e. The zero-order valence-corrected chi connectivity index (χ0v) is 22.7. The number of anilines is 1. The molecule has 186 valence electrons. The highest BCUT2D eigenvalue weighted by Crippen LogP contribution is 2.34. The number of hydrogen-bond acceptors (Lipinski definition) is 6. The van der Waals surface area contributed by atoms with E-state index in [0.29, 0.717) is 38.1 Å². The fourth-order valence-electron chi connectivity index (χ4n) is 3.01. The minimum atomic E-state index is -0.745. The number of aromatic nitrogens is 2. The van der Waals surface area contributed by atoms with Gasteiger partial charge in [0.15, 0.2) is 23.8 Å². The molecule has 0 bridgehead atoms. The summed E-state index contributed by atoms with van der Waals surface area (Å²) in [5, 5.41) is 1.52. The first kappa shape index (κ1) is 28.9. The summed E-state index contributed by atoms with van der Waals surface area (Å²) in [7, 11) is 1.61. The SMILES string of the molecule is CC.Cc1ncc2cc(-c3c(F)ccc(NN(C)SOc4cc(Cl)ccc4Cl)c3F)ccc2n1.S. The van der Waals surface area contributed by atoms with E-state index in [-0.39, 0.29) is 24.7 Å². The average molecular weight is 558 g/mol. The molecule has 4 aromatic rings. The zero-order valence-electron chi connectivity index (χ0n) is 19.4. The molecule has 0 atom stereocenters. The normalized spacial score (nSPS) is 10.4. The van der Waals surface area contributed by atoms with Crippen LogP contribution in [-0.4, -0.2) is 21.4 Å². The summed E-state index contributed by atoms with van der Waals surface area (Å²) in [6.45, 7) is 5.78. The lowest BCUT2D eigenvalue weighted by molar-refractivity contribution is 0.557. The van der Waals surface area contributed by atoms with Crippen LogP contribution < -0.4 is 9.61 Å². The van der Waals surface area contributed by atoms with Crippen molar-refractivity contribution in [2.24, 2.45) is 0 Å². The number of rotatable bonds is 6. The highest BCUT2D eigenvalue weighted by Gasteiger charge is 2.18. The lowest BCUT2D eigenvalue weighted by Crippen LogP contribution is -2.20. The molecule has 35 heavy (non-hydrogen) atoms. The lowest BCUT2D eigenvalue weighted by atomic mass is 10.0. The molecule has 3 aromatic carbocycles. The quantitative estimate of drug-likeness (QED) is 0.146. The van der Waals surface area contributed by atoms with Crippen molar-refractivity contribution in [3.63, 3.8) is 0 Å². The summed E-state index contributed by atoms with van der Waals surface area (Å²) in [5.41, 5.74) is 3.81. The van der Waals surface area contributed by atoms with Crippen molar-refractivity contribution in [2.45, 2.75) is 20.8 Å². The maximum atomic E-state index is 15.3. The van der Waals surface area contributed by atoms with E-state index in [0.717, 1.165) is 12.2 Å². The van der Waals surface area contributed by atoms with Gasteiger partial charge in [0.2, 0.25) is 0 Å². The van der Waals surface area contributed by atoms with Gasteiger partial charge in [-0.1, -0.05) is 43.1 Å². The van der Waals surface area contributed by atoms with Gasteiger partial charge >= 0.3 is 0 Å². The summed E-state index contributed by atoms with van der Waals surface area (Å²) in [5.74, 6) is -0.453. The van der Waals surface area contributed by atoms with Crippen LogP contribution in [0.3, 0.4) is 0 Å². The number of fused-ring (bicyclic) bond motifs is 1. The van der Waals surface area contributed by atoms with Crippen LogP contribution in [0.1, 0.15) is 19.7 Å². The van der Waals surface area contributed by atoms with Gasteiger partial charge in [-0.2, -0.15) is 13.5 Å². The fourth-order valence-corrected chi connectivity index (χ4v) is 3.84. The first-order chi connectivity index (χ1) is 16.3. The van der Waals surface area contributed by atoms with Gasteiger partial charge < -0.3 is 9.61 Å². The molecule has 0 aliphatic carbocycles. The number of hydrogen-bond donors (Lipinski definition) is 1. The average Bonchev–Trinajstić information content (AvgIpc) is 2.83. The van der Waals surface area contributed by atoms with Gasteiger partial charge in [0.05, 0.1) is 21.8 Å². The van der Waals surface area contributed by atoms with Crippen LogP contribution in [0.5, 0.6) is 5.75 Å². The van der Waals surface area contributed by atoms with Crippen LogP contribution >= 0.6 is 48.9 Å². The van der Waals surface area contributed by atoms with Crippen LogP contribution in [-0.2, 0) is 0 Å². The second-order valence-corrected chi connectivity index (χ2v) is 8.52. The Morgan fingerprint density at radius 1 is 1.03 bits per heavy atom. The zero-order chi connectivity index (χ0) is 24.8. The number of nitrogens with one attached hydrogen (secondary N) is 1. The monoisotopic (exact) mass is 556 g/mol. The van der Waals surface area contributed by atoms with E-state index < -0.39 is 11.6 Å². The molecule has 0 aliphatic heterocycles. The largest absolute Gasteiger partial charge is 0.407 e. The van der Waals surface area contributed by atoms with E-state index in [1.54, 1.807) is 56.6 Å². The standard InChI is InChI=1S/C22H16Cl2F2N4OS.C2H6.H2S/c1-12-27-11-14-9-13(3-7-18(14)28-12)21-17(25)6-8-19(22(21)26)29-30(2)32-31-20-10-15(23)4-5-16(20)24;1-2;/h3-11,29H,1-2H3;1-2H3;1H2. The van der Waals surface area contributed by atoms with Gasteiger partial charge in [0.25, 0.3) is 0 Å². The molecule has 1 aromatic heterocycles. The second kappa shape index (κ2) is 13.1. The topological polar surface area (TPSA) is 50.3 Å². The lowest BCUT2D eigenvalue weighted by Gasteiger charge is -2.19. The van der Waals surface area contributed by atoms with Crippen LogP contribution in [0.2, 0.25) is 10.0 Å². The van der Waals surface area contributed by atoms with Gasteiger partial charge in [-0.3, -0.25) is 0 Å². The molecule has 1 heterocycles. The van der Waals surface area contributed by atoms with Crippen LogP contribution in [0.4, 0.5) is 14.5 Å². The van der Waals surface area contributed by atoms with Crippen molar-refractivity contribution >= 4 is 65.5 Å². The van der Waals surface area contributed by atoms with Crippen LogP contribution in [0.25, 0.3) is 22.0 Å². The van der Waals surface area contributed by atoms with Gasteiger partial charge in [-0.05, 0) is 48.9 Å². The van der Waals surface area contributed by atoms with Crippen molar-refractivity contribution in [1.29, 1.82) is 0 Å². The summed E-state index contributed by atoms with van der Waals surface area (Å²) >= 11 is 12.9. The summed E-state index contributed by atoms with van der Waals surface area (Å²) < 4.78 is 36.8. The molecule has 1 N–H and O–H groups in total. The Morgan fingerprint density at radius 2 is 1.77 bits per heavy atom. The Morgan fingerprint density at radius 3 is 2.51 bits per heavy atom. The predicted molar refractivity (Wildman–Crippen MR) is 147 cm³/mol. The minimum Gasteiger partial charge on any atom is -0.407 e. The first-order valence-corrected chi connectivity index (χ1v) is 11.8. The number of nitrogens with zero attached hydrogens (tertiary/aromatic N) is 3. The number of hydrazine groups is 1. The fraction of sp³-hybridized carbons (Fsp3) is 0.167. The molecule has 0 spiro atoms. The molecule has 0 unspecified atom stereocenters. The van der Waals surface area contributed by atoms with Crippen LogP contribution in [0, 0.1) is 18.6 Å². The Bertz CT molecular complexity index is 1310. The van der Waals surface area contributed by atoms with Crippen molar-refractivity contribution in [1.82, 2.24) is 14.4 Å². The molecule has 4 rings (SSSR count). The Kier molecular flexibility index (Phi) is 10.9. The van der Waals surface area contributed by atoms with E-state index in [1.165, 1.54) is 16.5 Å². The van der Waals surface area contributed by atoms with E-state index in [1.807, 2.05) is 13.8 Å². The third-order valence-corrected chi connectivity index (χ3v) is 5.61. The van der Waals surface area contributed by atoms with Gasteiger partial charge in [0, 0.05) is 29.7 Å². The van der Waals surface area contributed by atoms with E-state index in [2.05, 4.69) is 15.4 Å². The molecule has 0 fully saturated rings. The molecule has 11 heteroatoms. The second-order valence-electron chi connectivity index (χ2n) is 6.82.